The molecule has 0 aromatic heterocycles. The minimum Gasteiger partial charge on any atom is -0.399 e. The summed E-state index contributed by atoms with van der Waals surface area (Å²) in [4.78, 5) is 0.273. The fourth-order valence-corrected chi connectivity index (χ4v) is 3.41. The van der Waals surface area contributed by atoms with Crippen LogP contribution in [0.2, 0.25) is 0 Å². The second-order valence-corrected chi connectivity index (χ2v) is 6.49. The molecule has 0 aliphatic carbocycles. The van der Waals surface area contributed by atoms with Crippen molar-refractivity contribution < 1.29 is 13.5 Å². The lowest BCUT2D eigenvalue weighted by atomic mass is 10.1. The molecule has 0 atom stereocenters. The quantitative estimate of drug-likeness (QED) is 0.478. The van der Waals surface area contributed by atoms with Gasteiger partial charge in [0.05, 0.1) is 4.90 Å². The van der Waals surface area contributed by atoms with Crippen LogP contribution in [0.15, 0.2) is 23.1 Å². The zero-order chi connectivity index (χ0) is 15.0. The van der Waals surface area contributed by atoms with Crippen LogP contribution >= 0.6 is 0 Å². The normalized spacial score (nSPS) is 11.7. The van der Waals surface area contributed by atoms with Gasteiger partial charge in [-0.1, -0.05) is 25.8 Å². The lowest BCUT2D eigenvalue weighted by molar-refractivity contribution is 0.282. The number of rotatable bonds is 9. The SMILES string of the molecule is CCc1ccc(N)cc1S(=O)(=O)NCCCCCCO. The van der Waals surface area contributed by atoms with Crippen LogP contribution in [-0.2, 0) is 16.4 Å². The van der Waals surface area contributed by atoms with Gasteiger partial charge in [-0.3, -0.25) is 0 Å². The molecule has 0 aliphatic heterocycles. The molecule has 0 heterocycles. The number of aliphatic hydroxyl groups is 1. The number of aryl methyl sites for hydroxylation is 1. The third kappa shape index (κ3) is 5.11. The maximum atomic E-state index is 12.2. The van der Waals surface area contributed by atoms with E-state index < -0.39 is 10.0 Å². The second-order valence-electron chi connectivity index (χ2n) is 4.76. The van der Waals surface area contributed by atoms with E-state index in [4.69, 9.17) is 10.8 Å². The van der Waals surface area contributed by atoms with Crippen LogP contribution in [0.1, 0.15) is 38.2 Å². The zero-order valence-electron chi connectivity index (χ0n) is 11.9. The summed E-state index contributed by atoms with van der Waals surface area (Å²) in [5, 5.41) is 8.66. The van der Waals surface area contributed by atoms with Crippen LogP contribution < -0.4 is 10.5 Å². The Hall–Kier alpha value is -1.11. The highest BCUT2D eigenvalue weighted by atomic mass is 32.2. The molecule has 20 heavy (non-hydrogen) atoms. The number of nitrogens with one attached hydrogen (secondary N) is 1. The summed E-state index contributed by atoms with van der Waals surface area (Å²) in [6.45, 7) is 2.51. The van der Waals surface area contributed by atoms with Crippen molar-refractivity contribution in [2.24, 2.45) is 0 Å². The van der Waals surface area contributed by atoms with Gasteiger partial charge in [0.25, 0.3) is 0 Å². The van der Waals surface area contributed by atoms with E-state index in [2.05, 4.69) is 4.72 Å². The van der Waals surface area contributed by atoms with E-state index in [0.29, 0.717) is 18.7 Å². The summed E-state index contributed by atoms with van der Waals surface area (Å²) >= 11 is 0. The predicted octanol–water partition coefficient (Wildman–Crippen LogP) is 1.66. The second kappa shape index (κ2) is 8.24. The van der Waals surface area contributed by atoms with Crippen molar-refractivity contribution in [1.82, 2.24) is 4.72 Å². The third-order valence-corrected chi connectivity index (χ3v) is 4.68. The molecule has 1 aromatic rings. The summed E-state index contributed by atoms with van der Waals surface area (Å²) in [5.41, 5.74) is 6.89. The molecule has 4 N–H and O–H groups in total. The summed E-state index contributed by atoms with van der Waals surface area (Å²) in [5.74, 6) is 0. The molecule has 114 valence electrons. The number of aliphatic hydroxyl groups excluding tert-OH is 1. The first-order valence-corrected chi connectivity index (χ1v) is 8.48. The molecule has 6 heteroatoms. The molecular formula is C14H24N2O3S. The molecule has 0 spiro atoms. The van der Waals surface area contributed by atoms with Crippen LogP contribution in [-0.4, -0.2) is 26.7 Å². The van der Waals surface area contributed by atoms with Crippen LogP contribution in [0.3, 0.4) is 0 Å². The predicted molar refractivity (Wildman–Crippen MR) is 81.0 cm³/mol. The Morgan fingerprint density at radius 2 is 1.90 bits per heavy atom. The standard InChI is InChI=1S/C14H24N2O3S/c1-2-12-7-8-13(15)11-14(12)20(18,19)16-9-5-3-4-6-10-17/h7-8,11,16-17H,2-6,9-10,15H2,1H3. The number of benzene rings is 1. The summed E-state index contributed by atoms with van der Waals surface area (Å²) in [6, 6.07) is 4.98. The number of nitrogens with two attached hydrogens (primary N) is 1. The minimum atomic E-state index is -3.50. The number of anilines is 1. The number of nitrogen functional groups attached to an aromatic ring is 1. The average molecular weight is 300 g/mol. The molecular weight excluding hydrogens is 276 g/mol. The maximum absolute atomic E-state index is 12.2. The van der Waals surface area contributed by atoms with Gasteiger partial charge < -0.3 is 10.8 Å². The lowest BCUT2D eigenvalue weighted by Gasteiger charge is -2.11. The molecule has 0 saturated carbocycles. The highest BCUT2D eigenvalue weighted by Gasteiger charge is 2.17. The van der Waals surface area contributed by atoms with Gasteiger partial charge in [0.2, 0.25) is 10.0 Å². The van der Waals surface area contributed by atoms with Gasteiger partial charge in [0, 0.05) is 18.8 Å². The van der Waals surface area contributed by atoms with Gasteiger partial charge in [-0.25, -0.2) is 13.1 Å². The topological polar surface area (TPSA) is 92.4 Å². The largest absolute Gasteiger partial charge is 0.399 e. The molecule has 5 nitrogen and oxygen atoms in total. The van der Waals surface area contributed by atoms with Gasteiger partial charge in [0.1, 0.15) is 0 Å². The third-order valence-electron chi connectivity index (χ3n) is 3.14. The Kier molecular flexibility index (Phi) is 6.98. The van der Waals surface area contributed by atoms with E-state index in [1.807, 2.05) is 6.92 Å². The fourth-order valence-electron chi connectivity index (χ4n) is 1.99. The van der Waals surface area contributed by atoms with Crippen LogP contribution in [0.25, 0.3) is 0 Å². The minimum absolute atomic E-state index is 0.189. The van der Waals surface area contributed by atoms with Crippen molar-refractivity contribution in [3.8, 4) is 0 Å². The van der Waals surface area contributed by atoms with Crippen molar-refractivity contribution in [3.05, 3.63) is 23.8 Å². The van der Waals surface area contributed by atoms with E-state index in [-0.39, 0.29) is 11.5 Å². The van der Waals surface area contributed by atoms with Crippen molar-refractivity contribution in [1.29, 1.82) is 0 Å². The maximum Gasteiger partial charge on any atom is 0.240 e. The van der Waals surface area contributed by atoms with Crippen molar-refractivity contribution in [2.75, 3.05) is 18.9 Å². The Balaban J connectivity index is 2.62. The van der Waals surface area contributed by atoms with E-state index in [0.717, 1.165) is 31.2 Å². The van der Waals surface area contributed by atoms with Gasteiger partial charge in [0.15, 0.2) is 0 Å². The molecule has 0 saturated heterocycles. The van der Waals surface area contributed by atoms with Crippen molar-refractivity contribution in [2.45, 2.75) is 43.9 Å². The fraction of sp³-hybridized carbons (Fsp3) is 0.571. The summed E-state index contributed by atoms with van der Waals surface area (Å²) < 4.78 is 27.1. The summed E-state index contributed by atoms with van der Waals surface area (Å²) in [7, 11) is -3.50. The first-order valence-electron chi connectivity index (χ1n) is 7.00. The van der Waals surface area contributed by atoms with Gasteiger partial charge >= 0.3 is 0 Å². The summed E-state index contributed by atoms with van der Waals surface area (Å²) in [6.07, 6.45) is 4.00. The molecule has 0 amide bonds. The highest BCUT2D eigenvalue weighted by Crippen LogP contribution is 2.19. The zero-order valence-corrected chi connectivity index (χ0v) is 12.7. The molecule has 0 unspecified atom stereocenters. The van der Waals surface area contributed by atoms with E-state index in [9.17, 15) is 8.42 Å². The number of hydrogen-bond donors (Lipinski definition) is 3. The number of unbranched alkanes of at least 4 members (excludes halogenated alkanes) is 3. The molecule has 1 aromatic carbocycles. The van der Waals surface area contributed by atoms with E-state index in [1.165, 1.54) is 6.07 Å². The molecule has 0 radical (unpaired) electrons. The van der Waals surface area contributed by atoms with Crippen LogP contribution in [0, 0.1) is 0 Å². The van der Waals surface area contributed by atoms with Gasteiger partial charge in [-0.15, -0.1) is 0 Å². The van der Waals surface area contributed by atoms with Crippen molar-refractivity contribution in [3.63, 3.8) is 0 Å². The number of sulfonamides is 1. The van der Waals surface area contributed by atoms with Crippen LogP contribution in [0.4, 0.5) is 5.69 Å². The molecule has 0 fully saturated rings. The van der Waals surface area contributed by atoms with Gasteiger partial charge in [-0.05, 0) is 37.0 Å². The van der Waals surface area contributed by atoms with E-state index >= 15 is 0 Å². The smallest absolute Gasteiger partial charge is 0.240 e. The van der Waals surface area contributed by atoms with Crippen LogP contribution in [0.5, 0.6) is 0 Å². The Morgan fingerprint density at radius 1 is 1.20 bits per heavy atom. The monoisotopic (exact) mass is 300 g/mol. The first kappa shape index (κ1) is 16.9. The molecule has 1 rings (SSSR count). The lowest BCUT2D eigenvalue weighted by Crippen LogP contribution is -2.26. The molecule has 0 bridgehead atoms. The Morgan fingerprint density at radius 3 is 2.55 bits per heavy atom. The van der Waals surface area contributed by atoms with E-state index in [1.54, 1.807) is 12.1 Å². The van der Waals surface area contributed by atoms with Gasteiger partial charge in [-0.2, -0.15) is 0 Å². The Bertz CT molecular complexity index is 515. The van der Waals surface area contributed by atoms with Crippen molar-refractivity contribution >= 4 is 15.7 Å². The highest BCUT2D eigenvalue weighted by molar-refractivity contribution is 7.89. The average Bonchev–Trinajstić information content (AvgIpc) is 2.42. The number of hydrogen-bond acceptors (Lipinski definition) is 4. The first-order chi connectivity index (χ1) is 9.51. The molecule has 0 aliphatic rings. The Labute approximate surface area is 121 Å².